The largest absolute Gasteiger partial charge is 0.354 e. The molecule has 236 valence electrons. The van der Waals surface area contributed by atoms with E-state index in [1.807, 2.05) is 12.1 Å². The average Bonchev–Trinajstić information content (AvgIpc) is 3.68. The molecule has 5 aliphatic rings. The SMILES string of the molecule is CC1(N2c3ccccc3C3C=CC=CC32)C=CC=CC1C1=CCCC=C1c1cc(-n2c3c(c4ccccc42)C=CCC3C#N)ccc1C#N. The zero-order valence-corrected chi connectivity index (χ0v) is 27.5. The van der Waals surface area contributed by atoms with E-state index in [1.165, 1.54) is 16.8 Å². The smallest absolute Gasteiger partial charge is 0.0998 e. The standard InChI is InChI=1S/C45H36N4/c1-45(49-42-22-8-5-16-35(42)36-17-6-9-23-43(36)49)26-11-10-20-40(45)34-15-3-2-14-33(34)39-27-32(25-24-30(39)28-46)48-41-21-7-4-18-37(41)38-19-12-13-31(29-47)44(38)48/h4-12,14-27,31,35,40,42H,2-3,13H2,1H3. The lowest BCUT2D eigenvalue weighted by Crippen LogP contribution is -2.54. The van der Waals surface area contributed by atoms with Gasteiger partial charge in [-0.15, -0.1) is 0 Å². The van der Waals surface area contributed by atoms with Gasteiger partial charge in [-0.1, -0.05) is 109 Å². The Morgan fingerprint density at radius 1 is 0.857 bits per heavy atom. The molecule has 0 radical (unpaired) electrons. The van der Waals surface area contributed by atoms with E-state index < -0.39 is 0 Å². The average molecular weight is 633 g/mol. The van der Waals surface area contributed by atoms with E-state index in [2.05, 4.69) is 156 Å². The molecule has 0 N–H and O–H groups in total. The van der Waals surface area contributed by atoms with Gasteiger partial charge in [0.15, 0.2) is 0 Å². The summed E-state index contributed by atoms with van der Waals surface area (Å²) >= 11 is 0. The Bertz CT molecular complexity index is 2340. The van der Waals surface area contributed by atoms with Crippen molar-refractivity contribution in [1.82, 2.24) is 4.57 Å². The molecule has 5 atom stereocenters. The third kappa shape index (κ3) is 4.34. The highest BCUT2D eigenvalue weighted by Crippen LogP contribution is 2.53. The molecular weight excluding hydrogens is 597 g/mol. The van der Waals surface area contributed by atoms with Crippen molar-refractivity contribution < 1.29 is 0 Å². The van der Waals surface area contributed by atoms with E-state index in [9.17, 15) is 10.5 Å². The van der Waals surface area contributed by atoms with Crippen molar-refractivity contribution in [2.75, 3.05) is 4.90 Å². The molecule has 2 heterocycles. The maximum absolute atomic E-state index is 10.5. The van der Waals surface area contributed by atoms with E-state index in [-0.39, 0.29) is 23.4 Å². The molecule has 4 heteroatoms. The first kappa shape index (κ1) is 29.3. The van der Waals surface area contributed by atoms with E-state index in [4.69, 9.17) is 0 Å². The fourth-order valence-corrected chi connectivity index (χ4v) is 9.11. The molecule has 49 heavy (non-hydrogen) atoms. The number of anilines is 1. The van der Waals surface area contributed by atoms with Gasteiger partial charge in [0.05, 0.1) is 40.7 Å². The highest BCUT2D eigenvalue weighted by molar-refractivity contribution is 5.94. The number of nitriles is 2. The van der Waals surface area contributed by atoms with Crippen molar-refractivity contribution in [1.29, 1.82) is 10.5 Å². The minimum absolute atomic E-state index is 0.0543. The van der Waals surface area contributed by atoms with Crippen molar-refractivity contribution in [2.45, 2.75) is 49.6 Å². The van der Waals surface area contributed by atoms with Crippen LogP contribution < -0.4 is 4.90 Å². The number of aromatic nitrogens is 1. The Morgan fingerprint density at radius 3 is 2.57 bits per heavy atom. The fourth-order valence-electron chi connectivity index (χ4n) is 9.11. The van der Waals surface area contributed by atoms with Gasteiger partial charge in [0.1, 0.15) is 0 Å². The first-order valence-electron chi connectivity index (χ1n) is 17.4. The van der Waals surface area contributed by atoms with Crippen molar-refractivity contribution in [3.05, 3.63) is 167 Å². The number of hydrogen-bond acceptors (Lipinski definition) is 3. The minimum atomic E-state index is -0.353. The summed E-state index contributed by atoms with van der Waals surface area (Å²) in [4.78, 5) is 2.64. The minimum Gasteiger partial charge on any atom is -0.354 e. The van der Waals surface area contributed by atoms with Crippen LogP contribution in [-0.2, 0) is 0 Å². The van der Waals surface area contributed by atoms with Crippen LogP contribution in [0.1, 0.15) is 66.0 Å². The molecule has 0 saturated heterocycles. The lowest BCUT2D eigenvalue weighted by Gasteiger charge is -2.49. The maximum atomic E-state index is 10.5. The molecule has 0 spiro atoms. The van der Waals surface area contributed by atoms with Gasteiger partial charge in [-0.2, -0.15) is 10.5 Å². The second-order valence-corrected chi connectivity index (χ2v) is 13.8. The monoisotopic (exact) mass is 632 g/mol. The maximum Gasteiger partial charge on any atom is 0.0998 e. The highest BCUT2D eigenvalue weighted by atomic mass is 15.3. The van der Waals surface area contributed by atoms with Crippen LogP contribution in [0.15, 0.2) is 139 Å². The van der Waals surface area contributed by atoms with Crippen molar-refractivity contribution in [3.63, 3.8) is 0 Å². The third-order valence-corrected chi connectivity index (χ3v) is 11.2. The molecule has 0 fully saturated rings. The van der Waals surface area contributed by atoms with Crippen molar-refractivity contribution >= 4 is 28.2 Å². The van der Waals surface area contributed by atoms with Crippen LogP contribution in [0.25, 0.3) is 28.2 Å². The number of nitrogens with zero attached hydrogens (tertiary/aromatic N) is 4. The lowest BCUT2D eigenvalue weighted by molar-refractivity contribution is 0.413. The Hall–Kier alpha value is -5.84. The lowest BCUT2D eigenvalue weighted by atomic mass is 9.70. The summed E-state index contributed by atoms with van der Waals surface area (Å²) in [5.74, 6) is 0.120. The van der Waals surface area contributed by atoms with Gasteiger partial charge < -0.3 is 9.47 Å². The predicted molar refractivity (Wildman–Crippen MR) is 199 cm³/mol. The summed E-state index contributed by atoms with van der Waals surface area (Å²) in [6, 6.07) is 28.8. The zero-order chi connectivity index (χ0) is 33.1. The van der Waals surface area contributed by atoms with Crippen LogP contribution >= 0.6 is 0 Å². The van der Waals surface area contributed by atoms with Crippen LogP contribution in [-0.4, -0.2) is 16.1 Å². The Kier molecular flexibility index (Phi) is 6.82. The van der Waals surface area contributed by atoms with Gasteiger partial charge in [-0.3, -0.25) is 0 Å². The summed E-state index contributed by atoms with van der Waals surface area (Å²) in [6.45, 7) is 2.38. The Labute approximate surface area is 287 Å². The van der Waals surface area contributed by atoms with Gasteiger partial charge in [0, 0.05) is 45.4 Å². The summed E-state index contributed by atoms with van der Waals surface area (Å²) in [5.41, 5.74) is 10.5. The first-order valence-corrected chi connectivity index (χ1v) is 17.4. The van der Waals surface area contributed by atoms with Crippen LogP contribution in [0.5, 0.6) is 0 Å². The topological polar surface area (TPSA) is 55.8 Å². The second-order valence-electron chi connectivity index (χ2n) is 13.8. The Balaban J connectivity index is 1.19. The Morgan fingerprint density at radius 2 is 1.67 bits per heavy atom. The number of benzene rings is 3. The molecule has 4 nitrogen and oxygen atoms in total. The van der Waals surface area contributed by atoms with Crippen molar-refractivity contribution in [3.8, 4) is 17.8 Å². The van der Waals surface area contributed by atoms with Crippen LogP contribution in [0, 0.1) is 28.6 Å². The number of allylic oxidation sites excluding steroid dienone is 8. The van der Waals surface area contributed by atoms with Crippen LogP contribution in [0.4, 0.5) is 5.69 Å². The van der Waals surface area contributed by atoms with E-state index in [1.54, 1.807) is 0 Å². The molecule has 5 unspecified atom stereocenters. The van der Waals surface area contributed by atoms with Crippen LogP contribution in [0.2, 0.25) is 0 Å². The van der Waals surface area contributed by atoms with E-state index in [0.717, 1.165) is 51.8 Å². The van der Waals surface area contributed by atoms with Gasteiger partial charge >= 0.3 is 0 Å². The van der Waals surface area contributed by atoms with Gasteiger partial charge in [-0.25, -0.2) is 0 Å². The number of hydrogen-bond donors (Lipinski definition) is 0. The third-order valence-electron chi connectivity index (χ3n) is 11.2. The van der Waals surface area contributed by atoms with Gasteiger partial charge in [-0.05, 0) is 73.2 Å². The highest BCUT2D eigenvalue weighted by Gasteiger charge is 2.49. The first-order chi connectivity index (χ1) is 24.1. The summed E-state index contributed by atoms with van der Waals surface area (Å²) in [6.07, 6.45) is 29.8. The molecule has 0 bridgehead atoms. The zero-order valence-electron chi connectivity index (χ0n) is 27.5. The molecule has 1 aromatic heterocycles. The van der Waals surface area contributed by atoms with Crippen LogP contribution in [0.3, 0.4) is 0 Å². The number of fused-ring (bicyclic) bond motifs is 6. The second kappa shape index (κ2) is 11.4. The molecule has 4 aliphatic carbocycles. The fraction of sp³-hybridized carbons (Fsp3) is 0.200. The van der Waals surface area contributed by atoms with E-state index >= 15 is 0 Å². The molecular formula is C45H36N4. The van der Waals surface area contributed by atoms with Gasteiger partial charge in [0.2, 0.25) is 0 Å². The summed E-state index contributed by atoms with van der Waals surface area (Å²) in [5, 5.41) is 21.9. The molecule has 4 aromatic rings. The summed E-state index contributed by atoms with van der Waals surface area (Å²) in [7, 11) is 0. The normalized spacial score (nSPS) is 26.1. The predicted octanol–water partition coefficient (Wildman–Crippen LogP) is 10.2. The molecule has 9 rings (SSSR count). The summed E-state index contributed by atoms with van der Waals surface area (Å²) < 4.78 is 2.26. The molecule has 1 aliphatic heterocycles. The molecule has 3 aromatic carbocycles. The van der Waals surface area contributed by atoms with Crippen molar-refractivity contribution in [2.24, 2.45) is 5.92 Å². The number of para-hydroxylation sites is 2. The quantitative estimate of drug-likeness (QED) is 0.225. The van der Waals surface area contributed by atoms with Gasteiger partial charge in [0.25, 0.3) is 0 Å². The van der Waals surface area contributed by atoms with E-state index in [0.29, 0.717) is 17.9 Å². The molecule has 0 amide bonds. The molecule has 0 saturated carbocycles. The number of rotatable bonds is 4.